The number of carbonyl (C=O) groups is 3. The second kappa shape index (κ2) is 7.03. The molecule has 3 amide bonds. The van der Waals surface area contributed by atoms with Gasteiger partial charge in [-0.25, -0.2) is 0 Å². The molecule has 6 nitrogen and oxygen atoms in total. The minimum Gasteiger partial charge on any atom is -0.354 e. The lowest BCUT2D eigenvalue weighted by Gasteiger charge is -2.22. The lowest BCUT2D eigenvalue weighted by molar-refractivity contribution is -0.122. The Balaban J connectivity index is 1.77. The molecule has 2 N–H and O–H groups in total. The third kappa shape index (κ3) is 3.58. The minimum absolute atomic E-state index is 0.0439. The topological polar surface area (TPSA) is 78.5 Å². The van der Waals surface area contributed by atoms with Gasteiger partial charge >= 0.3 is 0 Å². The van der Waals surface area contributed by atoms with E-state index in [0.29, 0.717) is 24.2 Å². The quantitative estimate of drug-likeness (QED) is 0.878. The molecule has 0 aromatic heterocycles. The molecule has 1 aliphatic carbocycles. The summed E-state index contributed by atoms with van der Waals surface area (Å²) in [4.78, 5) is 38.5. The van der Waals surface area contributed by atoms with Gasteiger partial charge in [-0.05, 0) is 44.2 Å². The molecule has 0 spiro atoms. The van der Waals surface area contributed by atoms with Crippen LogP contribution < -0.4 is 15.5 Å². The van der Waals surface area contributed by atoms with Crippen LogP contribution in [0.4, 0.5) is 5.69 Å². The van der Waals surface area contributed by atoms with E-state index in [1.54, 1.807) is 36.2 Å². The number of rotatable bonds is 4. The fourth-order valence-electron chi connectivity index (χ4n) is 2.99. The molecular formula is C18H23N3O3. The van der Waals surface area contributed by atoms with Crippen LogP contribution in [0.15, 0.2) is 24.3 Å². The lowest BCUT2D eigenvalue weighted by atomic mass is 10.1. The third-order valence-corrected chi connectivity index (χ3v) is 4.61. The summed E-state index contributed by atoms with van der Waals surface area (Å²) in [7, 11) is 1.70. The van der Waals surface area contributed by atoms with Crippen molar-refractivity contribution in [1.82, 2.24) is 10.6 Å². The molecule has 24 heavy (non-hydrogen) atoms. The SMILES string of the molecule is CN(C(=O)C1CC1)c1ccccc1C(=O)NC1CCCCNC1=O. The minimum atomic E-state index is -0.516. The Morgan fingerprint density at radius 3 is 2.67 bits per heavy atom. The van der Waals surface area contributed by atoms with Gasteiger partial charge in [-0.3, -0.25) is 14.4 Å². The molecule has 2 aliphatic rings. The number of nitrogens with one attached hydrogen (secondary N) is 2. The van der Waals surface area contributed by atoms with Gasteiger partial charge in [-0.15, -0.1) is 0 Å². The van der Waals surface area contributed by atoms with Crippen LogP contribution in [0.1, 0.15) is 42.5 Å². The molecule has 1 heterocycles. The van der Waals surface area contributed by atoms with E-state index in [2.05, 4.69) is 10.6 Å². The lowest BCUT2D eigenvalue weighted by Crippen LogP contribution is -2.45. The van der Waals surface area contributed by atoms with Crippen molar-refractivity contribution in [1.29, 1.82) is 0 Å². The van der Waals surface area contributed by atoms with Crippen molar-refractivity contribution in [3.63, 3.8) is 0 Å². The van der Waals surface area contributed by atoms with Crippen molar-refractivity contribution in [2.45, 2.75) is 38.1 Å². The fraction of sp³-hybridized carbons (Fsp3) is 0.500. The van der Waals surface area contributed by atoms with Crippen LogP contribution in [0.5, 0.6) is 0 Å². The monoisotopic (exact) mass is 329 g/mol. The maximum atomic E-state index is 12.7. The standard InChI is InChI=1S/C18H23N3O3/c1-21(18(24)12-9-10-12)15-8-3-2-6-13(15)16(22)20-14-7-4-5-11-19-17(14)23/h2-3,6,8,12,14H,4-5,7,9-11H2,1H3,(H,19,23)(H,20,22). The molecule has 1 aliphatic heterocycles. The Morgan fingerprint density at radius 1 is 1.17 bits per heavy atom. The van der Waals surface area contributed by atoms with Gasteiger partial charge in [0.05, 0.1) is 11.3 Å². The molecule has 2 fully saturated rings. The molecule has 1 saturated heterocycles. The number of carbonyl (C=O) groups excluding carboxylic acids is 3. The van der Waals surface area contributed by atoms with E-state index < -0.39 is 6.04 Å². The number of nitrogens with zero attached hydrogens (tertiary/aromatic N) is 1. The van der Waals surface area contributed by atoms with Gasteiger partial charge in [0, 0.05) is 19.5 Å². The van der Waals surface area contributed by atoms with Gasteiger partial charge in [-0.1, -0.05) is 12.1 Å². The van der Waals surface area contributed by atoms with Crippen LogP contribution in [-0.2, 0) is 9.59 Å². The molecule has 0 bridgehead atoms. The van der Waals surface area contributed by atoms with E-state index in [4.69, 9.17) is 0 Å². The Hall–Kier alpha value is -2.37. The van der Waals surface area contributed by atoms with E-state index in [1.165, 1.54) is 0 Å². The first-order chi connectivity index (χ1) is 11.6. The number of benzene rings is 1. The Morgan fingerprint density at radius 2 is 1.92 bits per heavy atom. The number of para-hydroxylation sites is 1. The van der Waals surface area contributed by atoms with Crippen LogP contribution in [-0.4, -0.2) is 37.4 Å². The zero-order valence-corrected chi connectivity index (χ0v) is 13.9. The largest absolute Gasteiger partial charge is 0.354 e. The number of anilines is 1. The van der Waals surface area contributed by atoms with E-state index >= 15 is 0 Å². The fourth-order valence-corrected chi connectivity index (χ4v) is 2.99. The molecule has 3 rings (SSSR count). The summed E-state index contributed by atoms with van der Waals surface area (Å²) in [5.74, 6) is -0.329. The number of amides is 3. The van der Waals surface area contributed by atoms with Crippen LogP contribution in [0.25, 0.3) is 0 Å². The maximum absolute atomic E-state index is 12.7. The zero-order valence-electron chi connectivity index (χ0n) is 13.9. The van der Waals surface area contributed by atoms with Crippen LogP contribution in [0.2, 0.25) is 0 Å². The summed E-state index contributed by atoms with van der Waals surface area (Å²) >= 11 is 0. The Bertz CT molecular complexity index is 655. The molecule has 6 heteroatoms. The first-order valence-corrected chi connectivity index (χ1v) is 8.53. The van der Waals surface area contributed by atoms with Crippen molar-refractivity contribution in [2.75, 3.05) is 18.5 Å². The highest BCUT2D eigenvalue weighted by Gasteiger charge is 2.33. The first kappa shape index (κ1) is 16.5. The van der Waals surface area contributed by atoms with E-state index in [1.807, 2.05) is 0 Å². The molecule has 1 aromatic carbocycles. The molecule has 1 unspecified atom stereocenters. The maximum Gasteiger partial charge on any atom is 0.254 e. The van der Waals surface area contributed by atoms with E-state index in [9.17, 15) is 14.4 Å². The molecule has 1 saturated carbocycles. The highest BCUT2D eigenvalue weighted by atomic mass is 16.2. The highest BCUT2D eigenvalue weighted by Crippen LogP contribution is 2.33. The van der Waals surface area contributed by atoms with Crippen molar-refractivity contribution in [3.05, 3.63) is 29.8 Å². The molecule has 1 aromatic rings. The third-order valence-electron chi connectivity index (χ3n) is 4.61. The summed E-state index contributed by atoms with van der Waals surface area (Å²) in [6.07, 6.45) is 4.29. The average molecular weight is 329 g/mol. The van der Waals surface area contributed by atoms with Gasteiger partial charge in [-0.2, -0.15) is 0 Å². The summed E-state index contributed by atoms with van der Waals surface area (Å²) in [5.41, 5.74) is 1.01. The first-order valence-electron chi connectivity index (χ1n) is 8.53. The number of hydrogen-bond donors (Lipinski definition) is 2. The van der Waals surface area contributed by atoms with Crippen molar-refractivity contribution in [2.24, 2.45) is 5.92 Å². The van der Waals surface area contributed by atoms with Gasteiger partial charge < -0.3 is 15.5 Å². The molecule has 1 atom stereocenters. The predicted octanol–water partition coefficient (Wildman–Crippen LogP) is 1.46. The van der Waals surface area contributed by atoms with Crippen molar-refractivity contribution < 1.29 is 14.4 Å². The molecule has 0 radical (unpaired) electrons. The predicted molar refractivity (Wildman–Crippen MR) is 90.7 cm³/mol. The van der Waals surface area contributed by atoms with Gasteiger partial charge in [0.25, 0.3) is 5.91 Å². The summed E-state index contributed by atoms with van der Waals surface area (Å²) < 4.78 is 0. The summed E-state index contributed by atoms with van der Waals surface area (Å²) in [6, 6.07) is 6.51. The highest BCUT2D eigenvalue weighted by molar-refractivity contribution is 6.06. The Kier molecular flexibility index (Phi) is 4.83. The molecular weight excluding hydrogens is 306 g/mol. The van der Waals surface area contributed by atoms with Crippen LogP contribution in [0, 0.1) is 5.92 Å². The second-order valence-corrected chi connectivity index (χ2v) is 6.50. The van der Waals surface area contributed by atoms with Gasteiger partial charge in [0.1, 0.15) is 6.04 Å². The van der Waals surface area contributed by atoms with Crippen molar-refractivity contribution in [3.8, 4) is 0 Å². The summed E-state index contributed by atoms with van der Waals surface area (Å²) in [6.45, 7) is 0.653. The van der Waals surface area contributed by atoms with Gasteiger partial charge in [0.2, 0.25) is 11.8 Å². The van der Waals surface area contributed by atoms with Crippen LogP contribution >= 0.6 is 0 Å². The van der Waals surface area contributed by atoms with E-state index in [0.717, 1.165) is 25.7 Å². The summed E-state index contributed by atoms with van der Waals surface area (Å²) in [5, 5.41) is 5.63. The number of hydrogen-bond acceptors (Lipinski definition) is 3. The molecule has 128 valence electrons. The van der Waals surface area contributed by atoms with E-state index in [-0.39, 0.29) is 23.6 Å². The van der Waals surface area contributed by atoms with Crippen molar-refractivity contribution >= 4 is 23.4 Å². The Labute approximate surface area is 141 Å². The zero-order chi connectivity index (χ0) is 17.1. The normalized spacial score (nSPS) is 20.7. The van der Waals surface area contributed by atoms with Crippen LogP contribution in [0.3, 0.4) is 0 Å². The average Bonchev–Trinajstić information content (AvgIpc) is 3.44. The second-order valence-electron chi connectivity index (χ2n) is 6.50. The van der Waals surface area contributed by atoms with Gasteiger partial charge in [0.15, 0.2) is 0 Å². The smallest absolute Gasteiger partial charge is 0.254 e.